The van der Waals surface area contributed by atoms with E-state index in [0.717, 1.165) is 0 Å². The molecule has 0 saturated carbocycles. The lowest BCUT2D eigenvalue weighted by Gasteiger charge is -2.12. The van der Waals surface area contributed by atoms with Gasteiger partial charge in [0.25, 0.3) is 11.8 Å². The smallest absolute Gasteiger partial charge is 0.295 e. The summed E-state index contributed by atoms with van der Waals surface area (Å²) in [5.74, 6) is -1.36. The van der Waals surface area contributed by atoms with Crippen molar-refractivity contribution in [3.63, 3.8) is 0 Å². The Labute approximate surface area is 312 Å². The molecule has 5 aromatic heterocycles. The van der Waals surface area contributed by atoms with Crippen LogP contribution < -0.4 is 26.8 Å². The van der Waals surface area contributed by atoms with Crippen LogP contribution in [0.5, 0.6) is 5.75 Å². The quantitative estimate of drug-likeness (QED) is 0.0702. The molecule has 5 heterocycles. The van der Waals surface area contributed by atoms with E-state index in [9.17, 15) is 24.3 Å². The molecule has 55 heavy (non-hydrogen) atoms. The van der Waals surface area contributed by atoms with E-state index in [1.165, 1.54) is 24.4 Å². The highest BCUT2D eigenvalue weighted by Gasteiger charge is 2.24. The van der Waals surface area contributed by atoms with Gasteiger partial charge in [-0.1, -0.05) is 26.0 Å². The van der Waals surface area contributed by atoms with Crippen molar-refractivity contribution in [1.29, 1.82) is 0 Å². The minimum Gasteiger partial charge on any atom is -0.491 e. The maximum atomic E-state index is 13.5. The number of pyridine rings is 1. The molecule has 286 valence electrons. The Hall–Kier alpha value is -6.89. The van der Waals surface area contributed by atoms with Gasteiger partial charge in [0.2, 0.25) is 35.2 Å². The van der Waals surface area contributed by atoms with Crippen molar-refractivity contribution in [2.75, 3.05) is 23.8 Å². The summed E-state index contributed by atoms with van der Waals surface area (Å²) < 4.78 is 20.5. The standard InChI is InChI=1S/C36H39N11O8/c1-5-22-28(54-18(3)40-22)33(51)44-35-42-24-14-20(30(37)49)16-26(53-13-9-12-48)27(24)46(35)10-7-8-11-47-32-25(15-21(17-39-32)31(38)50)43-36(47)45-34(52)29-23(6-2)41-19(4)55-29/h7-8,14-17,48H,5-6,9-13H2,1-4H3,(H2,37,49)(H2,38,50)(H,42,44,51)(H,43,45,52). The molecule has 6 rings (SSSR count). The van der Waals surface area contributed by atoms with Crippen molar-refractivity contribution in [2.45, 2.75) is 60.0 Å². The zero-order valence-electron chi connectivity index (χ0n) is 30.5. The number of oxazole rings is 2. The van der Waals surface area contributed by atoms with Gasteiger partial charge in [-0.25, -0.2) is 24.9 Å². The van der Waals surface area contributed by atoms with E-state index >= 15 is 0 Å². The van der Waals surface area contributed by atoms with E-state index in [2.05, 4.69) is 35.6 Å². The third-order valence-corrected chi connectivity index (χ3v) is 8.40. The number of benzene rings is 1. The van der Waals surface area contributed by atoms with Gasteiger partial charge in [-0.15, -0.1) is 0 Å². The van der Waals surface area contributed by atoms with Crippen molar-refractivity contribution >= 4 is 57.7 Å². The van der Waals surface area contributed by atoms with E-state index in [1.807, 2.05) is 13.8 Å². The number of primary amides is 2. The molecule has 1 aromatic carbocycles. The summed E-state index contributed by atoms with van der Waals surface area (Å²) in [5.41, 5.74) is 13.7. The van der Waals surface area contributed by atoms with E-state index in [4.69, 9.17) is 25.0 Å². The first-order valence-electron chi connectivity index (χ1n) is 17.4. The molecule has 0 bridgehead atoms. The summed E-state index contributed by atoms with van der Waals surface area (Å²) in [6.45, 7) is 7.21. The van der Waals surface area contributed by atoms with Gasteiger partial charge >= 0.3 is 0 Å². The number of aromatic nitrogens is 7. The number of fused-ring (bicyclic) bond motifs is 2. The molecule has 0 atom stereocenters. The van der Waals surface area contributed by atoms with E-state index < -0.39 is 23.6 Å². The lowest BCUT2D eigenvalue weighted by atomic mass is 10.1. The van der Waals surface area contributed by atoms with Gasteiger partial charge in [0.05, 0.1) is 29.1 Å². The first-order valence-corrected chi connectivity index (χ1v) is 17.4. The Morgan fingerprint density at radius 2 is 1.35 bits per heavy atom. The van der Waals surface area contributed by atoms with Gasteiger partial charge in [0, 0.05) is 51.7 Å². The maximum Gasteiger partial charge on any atom is 0.295 e. The number of rotatable bonds is 16. The van der Waals surface area contributed by atoms with Crippen molar-refractivity contribution in [3.05, 3.63) is 82.4 Å². The molecule has 0 aliphatic heterocycles. The minimum absolute atomic E-state index is 0.0338. The van der Waals surface area contributed by atoms with Gasteiger partial charge in [-0.05, 0) is 31.0 Å². The first-order chi connectivity index (χ1) is 26.4. The number of ether oxygens (including phenoxy) is 1. The van der Waals surface area contributed by atoms with Crippen molar-refractivity contribution in [1.82, 2.24) is 34.1 Å². The molecule has 19 nitrogen and oxygen atoms in total. The second-order valence-electron chi connectivity index (χ2n) is 12.3. The van der Waals surface area contributed by atoms with Crippen LogP contribution in [0, 0.1) is 13.8 Å². The number of amides is 4. The Kier molecular flexibility index (Phi) is 11.0. The molecule has 0 aliphatic rings. The number of aryl methyl sites for hydroxylation is 4. The number of hydrogen-bond donors (Lipinski definition) is 5. The molecule has 0 unspecified atom stereocenters. The van der Waals surface area contributed by atoms with E-state index in [1.54, 1.807) is 35.1 Å². The number of allylic oxidation sites excluding steroid dienone is 2. The normalized spacial score (nSPS) is 11.5. The number of nitrogens with zero attached hydrogens (tertiary/aromatic N) is 7. The van der Waals surface area contributed by atoms with Crippen molar-refractivity contribution in [3.8, 4) is 5.75 Å². The molecule has 0 aliphatic carbocycles. The zero-order valence-corrected chi connectivity index (χ0v) is 30.5. The Morgan fingerprint density at radius 3 is 1.91 bits per heavy atom. The summed E-state index contributed by atoms with van der Waals surface area (Å²) in [5, 5.41) is 15.0. The van der Waals surface area contributed by atoms with Crippen LogP contribution in [-0.4, -0.2) is 76.0 Å². The molecule has 0 saturated heterocycles. The summed E-state index contributed by atoms with van der Waals surface area (Å²) >= 11 is 0. The summed E-state index contributed by atoms with van der Waals surface area (Å²) in [7, 11) is 0. The third kappa shape index (κ3) is 7.91. The Bertz CT molecular complexity index is 2470. The second-order valence-corrected chi connectivity index (χ2v) is 12.3. The first kappa shape index (κ1) is 37.9. The molecule has 0 radical (unpaired) electrons. The predicted molar refractivity (Wildman–Crippen MR) is 198 cm³/mol. The fraction of sp³-hybridized carbons (Fsp3) is 0.306. The number of aliphatic hydroxyl groups excluding tert-OH is 1. The lowest BCUT2D eigenvalue weighted by molar-refractivity contribution is 0.0985. The predicted octanol–water partition coefficient (Wildman–Crippen LogP) is 3.22. The largest absolute Gasteiger partial charge is 0.491 e. The van der Waals surface area contributed by atoms with Crippen LogP contribution in [-0.2, 0) is 25.9 Å². The highest BCUT2D eigenvalue weighted by atomic mass is 16.5. The third-order valence-electron chi connectivity index (χ3n) is 8.40. The summed E-state index contributed by atoms with van der Waals surface area (Å²) in [6, 6.07) is 4.44. The van der Waals surface area contributed by atoms with Gasteiger partial charge in [0.1, 0.15) is 16.8 Å². The minimum atomic E-state index is -0.713. The molecular formula is C36H39N11O8. The van der Waals surface area contributed by atoms with Gasteiger partial charge in [-0.3, -0.25) is 34.4 Å². The van der Waals surface area contributed by atoms with E-state index in [-0.39, 0.29) is 66.6 Å². The van der Waals surface area contributed by atoms with Gasteiger partial charge in [-0.2, -0.15) is 0 Å². The Balaban J connectivity index is 1.38. The molecule has 19 heteroatoms. The number of aliphatic hydroxyl groups is 1. The Morgan fingerprint density at radius 1 is 0.800 bits per heavy atom. The van der Waals surface area contributed by atoms with Gasteiger partial charge in [0.15, 0.2) is 17.4 Å². The number of hydrogen-bond acceptors (Lipinski definition) is 13. The number of nitrogens with one attached hydrogen (secondary N) is 2. The highest BCUT2D eigenvalue weighted by Crippen LogP contribution is 2.32. The molecule has 0 spiro atoms. The van der Waals surface area contributed by atoms with Crippen LogP contribution in [0.1, 0.15) is 85.3 Å². The zero-order chi connectivity index (χ0) is 39.4. The molecular weight excluding hydrogens is 714 g/mol. The maximum absolute atomic E-state index is 13.5. The van der Waals surface area contributed by atoms with Crippen molar-refractivity contribution < 1.29 is 37.9 Å². The van der Waals surface area contributed by atoms with Crippen LogP contribution in [0.15, 0.2) is 45.4 Å². The number of imidazole rings is 2. The van der Waals surface area contributed by atoms with Crippen LogP contribution in [0.25, 0.3) is 22.2 Å². The monoisotopic (exact) mass is 753 g/mol. The van der Waals surface area contributed by atoms with Crippen LogP contribution in [0.3, 0.4) is 0 Å². The van der Waals surface area contributed by atoms with Crippen LogP contribution in [0.2, 0.25) is 0 Å². The lowest BCUT2D eigenvalue weighted by Crippen LogP contribution is -2.17. The highest BCUT2D eigenvalue weighted by molar-refractivity contribution is 6.05. The average molecular weight is 754 g/mol. The van der Waals surface area contributed by atoms with Gasteiger partial charge < -0.3 is 34.7 Å². The second kappa shape index (κ2) is 16.0. The van der Waals surface area contributed by atoms with E-state index in [0.29, 0.717) is 64.6 Å². The fourth-order valence-electron chi connectivity index (χ4n) is 5.87. The van der Waals surface area contributed by atoms with Crippen LogP contribution in [0.4, 0.5) is 11.9 Å². The SMILES string of the molecule is CCc1nc(C)oc1C(=O)Nc1nc2cc(C(N)=O)cnc2n1CC=CCn1c(NC(=O)c2oc(C)nc2CC)nc2cc(C(N)=O)cc(OCCCO)c21. The molecule has 6 aromatic rings. The number of nitrogens with two attached hydrogens (primary N) is 2. The molecule has 7 N–H and O–H groups in total. The topological polar surface area (TPSA) is 274 Å². The molecule has 4 amide bonds. The fourth-order valence-corrected chi connectivity index (χ4v) is 5.87. The summed E-state index contributed by atoms with van der Waals surface area (Å²) in [4.78, 5) is 73.2. The van der Waals surface area contributed by atoms with Crippen molar-refractivity contribution in [2.24, 2.45) is 11.5 Å². The average Bonchev–Trinajstić information content (AvgIpc) is 3.92. The number of carbonyl (C=O) groups is 4. The number of carbonyl (C=O) groups excluding carboxylic acids is 4. The number of anilines is 2. The van der Waals surface area contributed by atoms with Crippen LogP contribution >= 0.6 is 0 Å². The summed E-state index contributed by atoms with van der Waals surface area (Å²) in [6.07, 6.45) is 6.09. The molecule has 0 fully saturated rings.